The summed E-state index contributed by atoms with van der Waals surface area (Å²) in [5.41, 5.74) is 4.25. The Bertz CT molecular complexity index is 772. The summed E-state index contributed by atoms with van der Waals surface area (Å²) >= 11 is 12.2. The molecule has 0 saturated carbocycles. The van der Waals surface area contributed by atoms with E-state index in [4.69, 9.17) is 23.2 Å². The van der Waals surface area contributed by atoms with Crippen LogP contribution in [-0.4, -0.2) is 15.2 Å². The average Bonchev–Trinajstić information content (AvgIpc) is 2.51. The van der Waals surface area contributed by atoms with Crippen LogP contribution < -0.4 is 0 Å². The third kappa shape index (κ3) is 2.75. The number of nitrogens with zero attached hydrogens (tertiary/aromatic N) is 3. The van der Waals surface area contributed by atoms with E-state index < -0.39 is 0 Å². The largest absolute Gasteiger partial charge is 0.256 e. The van der Waals surface area contributed by atoms with Crippen molar-refractivity contribution in [2.75, 3.05) is 0 Å². The molecule has 0 atom stereocenters. The van der Waals surface area contributed by atoms with Crippen LogP contribution in [0.5, 0.6) is 0 Å². The van der Waals surface area contributed by atoms with Gasteiger partial charge in [0.2, 0.25) is 0 Å². The van der Waals surface area contributed by atoms with E-state index in [0.717, 1.165) is 28.1 Å². The first kappa shape index (κ1) is 14.0. The van der Waals surface area contributed by atoms with E-state index in [9.17, 15) is 0 Å². The van der Waals surface area contributed by atoms with Gasteiger partial charge >= 0.3 is 0 Å². The minimum absolute atomic E-state index is 0.337. The quantitative estimate of drug-likeness (QED) is 0.680. The monoisotopic (exact) mass is 315 g/mol. The number of halogens is 2. The molecule has 3 aromatic rings. The number of aryl methyl sites for hydroxylation is 1. The number of pyridine rings is 1. The first-order valence-electron chi connectivity index (χ1n) is 6.37. The second-order valence-electron chi connectivity index (χ2n) is 4.55. The Balaban J connectivity index is 2.29. The lowest BCUT2D eigenvalue weighted by molar-refractivity contribution is 0.984. The lowest BCUT2D eigenvalue weighted by Crippen LogP contribution is -1.98. The van der Waals surface area contributed by atoms with Gasteiger partial charge in [-0.3, -0.25) is 4.98 Å². The maximum absolute atomic E-state index is 6.28. The van der Waals surface area contributed by atoms with Crippen LogP contribution in [0.25, 0.3) is 22.4 Å². The van der Waals surface area contributed by atoms with Crippen LogP contribution in [-0.2, 0) is 0 Å². The Kier molecular flexibility index (Phi) is 3.86. The summed E-state index contributed by atoms with van der Waals surface area (Å²) in [4.78, 5) is 4.38. The molecule has 0 bridgehead atoms. The zero-order chi connectivity index (χ0) is 14.8. The molecule has 2 heterocycles. The molecule has 0 saturated heterocycles. The molecular formula is C16H11Cl2N3. The van der Waals surface area contributed by atoms with Crippen molar-refractivity contribution in [2.24, 2.45) is 0 Å². The standard InChI is InChI=1S/C16H11Cl2N3/c1-10-14(11-5-7-12(17)8-6-11)15(16(18)21-20-10)13-4-2-3-9-19-13/h2-9H,1H3. The molecule has 0 fully saturated rings. The molecule has 0 N–H and O–H groups in total. The fourth-order valence-electron chi connectivity index (χ4n) is 2.22. The molecule has 0 unspecified atom stereocenters. The molecule has 104 valence electrons. The van der Waals surface area contributed by atoms with Gasteiger partial charge in [-0.2, -0.15) is 5.10 Å². The number of rotatable bonds is 2. The molecule has 5 heteroatoms. The van der Waals surface area contributed by atoms with Crippen molar-refractivity contribution in [3.63, 3.8) is 0 Å². The second-order valence-corrected chi connectivity index (χ2v) is 5.34. The van der Waals surface area contributed by atoms with E-state index in [1.807, 2.05) is 49.4 Å². The van der Waals surface area contributed by atoms with Crippen molar-refractivity contribution in [3.05, 3.63) is 64.5 Å². The van der Waals surface area contributed by atoms with E-state index in [1.165, 1.54) is 0 Å². The van der Waals surface area contributed by atoms with Gasteiger partial charge in [0, 0.05) is 22.3 Å². The van der Waals surface area contributed by atoms with E-state index >= 15 is 0 Å². The van der Waals surface area contributed by atoms with E-state index in [-0.39, 0.29) is 0 Å². The van der Waals surface area contributed by atoms with Crippen LogP contribution in [0, 0.1) is 6.92 Å². The Hall–Kier alpha value is -1.97. The van der Waals surface area contributed by atoms with Gasteiger partial charge in [0.05, 0.1) is 11.4 Å². The molecule has 0 aliphatic rings. The van der Waals surface area contributed by atoms with Gasteiger partial charge in [-0.25, -0.2) is 0 Å². The van der Waals surface area contributed by atoms with Gasteiger partial charge in [-0.15, -0.1) is 5.10 Å². The van der Waals surface area contributed by atoms with Crippen molar-refractivity contribution < 1.29 is 0 Å². The minimum atomic E-state index is 0.337. The van der Waals surface area contributed by atoms with Crippen molar-refractivity contribution >= 4 is 23.2 Å². The number of benzene rings is 1. The summed E-state index contributed by atoms with van der Waals surface area (Å²) in [5, 5.41) is 9.15. The maximum atomic E-state index is 6.28. The first-order valence-corrected chi connectivity index (χ1v) is 7.12. The van der Waals surface area contributed by atoms with Crippen LogP contribution >= 0.6 is 23.2 Å². The first-order chi connectivity index (χ1) is 10.2. The number of aromatic nitrogens is 3. The van der Waals surface area contributed by atoms with E-state index in [2.05, 4.69) is 15.2 Å². The fourth-order valence-corrected chi connectivity index (χ4v) is 2.57. The van der Waals surface area contributed by atoms with E-state index in [1.54, 1.807) is 6.20 Å². The molecule has 21 heavy (non-hydrogen) atoms. The van der Waals surface area contributed by atoms with Gasteiger partial charge in [0.1, 0.15) is 0 Å². The summed E-state index contributed by atoms with van der Waals surface area (Å²) < 4.78 is 0. The predicted octanol–water partition coefficient (Wildman–Crippen LogP) is 4.82. The van der Waals surface area contributed by atoms with Crippen molar-refractivity contribution in [1.29, 1.82) is 0 Å². The van der Waals surface area contributed by atoms with Gasteiger partial charge in [0.15, 0.2) is 5.15 Å². The maximum Gasteiger partial charge on any atom is 0.161 e. The van der Waals surface area contributed by atoms with Gasteiger partial charge in [0.25, 0.3) is 0 Å². The normalized spacial score (nSPS) is 10.6. The molecule has 2 aromatic heterocycles. The average molecular weight is 316 g/mol. The van der Waals surface area contributed by atoms with Gasteiger partial charge < -0.3 is 0 Å². The lowest BCUT2D eigenvalue weighted by atomic mass is 9.98. The lowest BCUT2D eigenvalue weighted by Gasteiger charge is -2.12. The SMILES string of the molecule is Cc1nnc(Cl)c(-c2ccccn2)c1-c1ccc(Cl)cc1. The number of hydrogen-bond donors (Lipinski definition) is 0. The molecule has 0 radical (unpaired) electrons. The van der Waals surface area contributed by atoms with Crippen LogP contribution in [0.3, 0.4) is 0 Å². The molecular weight excluding hydrogens is 305 g/mol. The molecule has 0 aliphatic heterocycles. The summed E-state index contributed by atoms with van der Waals surface area (Å²) in [6, 6.07) is 13.2. The van der Waals surface area contributed by atoms with E-state index in [0.29, 0.717) is 10.2 Å². The third-order valence-electron chi connectivity index (χ3n) is 3.16. The predicted molar refractivity (Wildman–Crippen MR) is 85.5 cm³/mol. The Labute approximate surface area is 132 Å². The minimum Gasteiger partial charge on any atom is -0.256 e. The van der Waals surface area contributed by atoms with Crippen LogP contribution in [0.15, 0.2) is 48.7 Å². The third-order valence-corrected chi connectivity index (χ3v) is 3.68. The Morgan fingerprint density at radius 1 is 0.857 bits per heavy atom. The number of hydrogen-bond acceptors (Lipinski definition) is 3. The molecule has 0 amide bonds. The molecule has 0 aliphatic carbocycles. The van der Waals surface area contributed by atoms with Crippen molar-refractivity contribution in [1.82, 2.24) is 15.2 Å². The van der Waals surface area contributed by atoms with Gasteiger partial charge in [-0.1, -0.05) is 41.4 Å². The van der Waals surface area contributed by atoms with Crippen molar-refractivity contribution in [3.8, 4) is 22.4 Å². The molecule has 0 spiro atoms. The summed E-state index contributed by atoms with van der Waals surface area (Å²) in [6.07, 6.45) is 1.73. The van der Waals surface area contributed by atoms with Crippen molar-refractivity contribution in [2.45, 2.75) is 6.92 Å². The second kappa shape index (κ2) is 5.80. The highest BCUT2D eigenvalue weighted by Crippen LogP contribution is 2.36. The topological polar surface area (TPSA) is 38.7 Å². The summed E-state index contributed by atoms with van der Waals surface area (Å²) in [5.74, 6) is 0. The van der Waals surface area contributed by atoms with Crippen LogP contribution in [0.2, 0.25) is 10.2 Å². The zero-order valence-electron chi connectivity index (χ0n) is 11.2. The highest BCUT2D eigenvalue weighted by Gasteiger charge is 2.17. The highest BCUT2D eigenvalue weighted by atomic mass is 35.5. The zero-order valence-corrected chi connectivity index (χ0v) is 12.7. The van der Waals surface area contributed by atoms with Gasteiger partial charge in [-0.05, 0) is 36.8 Å². The highest BCUT2D eigenvalue weighted by molar-refractivity contribution is 6.32. The fraction of sp³-hybridized carbons (Fsp3) is 0.0625. The summed E-state index contributed by atoms with van der Waals surface area (Å²) in [6.45, 7) is 1.90. The Morgan fingerprint density at radius 2 is 1.62 bits per heavy atom. The summed E-state index contributed by atoms with van der Waals surface area (Å²) in [7, 11) is 0. The molecule has 3 nitrogen and oxygen atoms in total. The smallest absolute Gasteiger partial charge is 0.161 e. The molecule has 1 aromatic carbocycles. The van der Waals surface area contributed by atoms with Crippen LogP contribution in [0.1, 0.15) is 5.69 Å². The molecule has 3 rings (SSSR count). The Morgan fingerprint density at radius 3 is 2.29 bits per heavy atom. The van der Waals surface area contributed by atoms with Crippen LogP contribution in [0.4, 0.5) is 0 Å².